The van der Waals surface area contributed by atoms with E-state index in [4.69, 9.17) is 10.7 Å². The molecule has 21 heavy (non-hydrogen) atoms. The first-order chi connectivity index (χ1) is 9.82. The minimum Gasteiger partial charge on any atom is -0.368 e. The number of nitrogens with two attached hydrogens (primary N) is 1. The van der Waals surface area contributed by atoms with Gasteiger partial charge in [-0.2, -0.15) is 0 Å². The number of carbonyl (C=O) groups is 1. The molecule has 4 aliphatic rings. The Hall–Kier alpha value is -0.900. The first-order valence-electron chi connectivity index (χ1n) is 8.41. The van der Waals surface area contributed by atoms with Crippen molar-refractivity contribution in [2.45, 2.75) is 58.5 Å². The second kappa shape index (κ2) is 4.80. The first-order valence-corrected chi connectivity index (χ1v) is 8.41. The summed E-state index contributed by atoms with van der Waals surface area (Å²) in [4.78, 5) is 17.3. The van der Waals surface area contributed by atoms with Crippen molar-refractivity contribution in [2.75, 3.05) is 6.54 Å². The van der Waals surface area contributed by atoms with Crippen molar-refractivity contribution >= 4 is 12.1 Å². The number of hydrogen-bond acceptors (Lipinski definition) is 3. The standard InChI is InChI=1S/C17H29N3O/c1-10(2)5-16(6-11(3)4)14-13-9-20-17(16,15(18)21)7-12(13)8-19-14/h9-14,19H,5-8H2,1-4H3,(H2,18,21). The number of rotatable bonds is 5. The number of aliphatic imine (C=N–C) groups is 1. The molecule has 0 aromatic rings. The van der Waals surface area contributed by atoms with E-state index in [9.17, 15) is 4.79 Å². The van der Waals surface area contributed by atoms with Crippen LogP contribution in [0.5, 0.6) is 0 Å². The van der Waals surface area contributed by atoms with E-state index in [-0.39, 0.29) is 11.3 Å². The van der Waals surface area contributed by atoms with Crippen LogP contribution >= 0.6 is 0 Å². The van der Waals surface area contributed by atoms with Crippen LogP contribution in [0.1, 0.15) is 47.0 Å². The molecule has 3 N–H and O–H groups in total. The molecule has 4 atom stereocenters. The number of nitrogens with zero attached hydrogens (tertiary/aromatic N) is 1. The Labute approximate surface area is 128 Å². The second-order valence-corrected chi connectivity index (χ2v) is 8.28. The Kier molecular flexibility index (Phi) is 3.43. The van der Waals surface area contributed by atoms with Crippen molar-refractivity contribution in [2.24, 2.45) is 39.8 Å². The van der Waals surface area contributed by atoms with E-state index in [0.29, 0.717) is 29.7 Å². The highest BCUT2D eigenvalue weighted by atomic mass is 16.1. The summed E-state index contributed by atoms with van der Waals surface area (Å²) in [5.41, 5.74) is 5.13. The van der Waals surface area contributed by atoms with Crippen LogP contribution in [-0.2, 0) is 4.79 Å². The highest BCUT2D eigenvalue weighted by Crippen LogP contribution is 2.61. The van der Waals surface area contributed by atoms with Crippen LogP contribution in [0.25, 0.3) is 0 Å². The molecule has 1 saturated heterocycles. The summed E-state index contributed by atoms with van der Waals surface area (Å²) in [7, 11) is 0. The van der Waals surface area contributed by atoms with E-state index in [2.05, 4.69) is 33.0 Å². The van der Waals surface area contributed by atoms with Gasteiger partial charge >= 0.3 is 0 Å². The predicted molar refractivity (Wildman–Crippen MR) is 85.1 cm³/mol. The van der Waals surface area contributed by atoms with Crippen molar-refractivity contribution in [1.29, 1.82) is 0 Å². The highest BCUT2D eigenvalue weighted by molar-refractivity contribution is 5.90. The van der Waals surface area contributed by atoms with E-state index < -0.39 is 5.54 Å². The van der Waals surface area contributed by atoms with E-state index in [1.165, 1.54) is 0 Å². The molecule has 0 aromatic heterocycles. The van der Waals surface area contributed by atoms with Gasteiger partial charge in [-0.15, -0.1) is 0 Å². The van der Waals surface area contributed by atoms with Crippen LogP contribution in [0.3, 0.4) is 0 Å². The van der Waals surface area contributed by atoms with E-state index >= 15 is 0 Å². The molecule has 118 valence electrons. The topological polar surface area (TPSA) is 67.5 Å². The molecule has 4 bridgehead atoms. The van der Waals surface area contributed by atoms with Crippen LogP contribution in [0.4, 0.5) is 0 Å². The fraction of sp³-hybridized carbons (Fsp3) is 0.882. The summed E-state index contributed by atoms with van der Waals surface area (Å²) in [6.45, 7) is 9.99. The molecule has 3 heterocycles. The van der Waals surface area contributed by atoms with Crippen LogP contribution < -0.4 is 11.1 Å². The molecule has 1 aliphatic carbocycles. The molecule has 0 spiro atoms. The van der Waals surface area contributed by atoms with Gasteiger partial charge in [-0.3, -0.25) is 9.79 Å². The van der Waals surface area contributed by atoms with Gasteiger partial charge in [0, 0.05) is 23.6 Å². The third kappa shape index (κ3) is 1.91. The third-order valence-corrected chi connectivity index (χ3v) is 5.93. The van der Waals surface area contributed by atoms with E-state index in [1.54, 1.807) is 0 Å². The maximum atomic E-state index is 12.5. The Bertz CT molecular complexity index is 461. The molecule has 2 fully saturated rings. The number of carbonyl (C=O) groups excluding carboxylic acids is 1. The Morgan fingerprint density at radius 1 is 1.33 bits per heavy atom. The number of hydrogen-bond donors (Lipinski definition) is 2. The lowest BCUT2D eigenvalue weighted by Gasteiger charge is -2.59. The lowest BCUT2D eigenvalue weighted by Crippen LogP contribution is -2.70. The molecule has 4 rings (SSSR count). The molecular formula is C17H29N3O. The zero-order valence-electron chi connectivity index (χ0n) is 13.7. The lowest BCUT2D eigenvalue weighted by molar-refractivity contribution is -0.136. The summed E-state index contributed by atoms with van der Waals surface area (Å²) in [6, 6.07) is 0.367. The van der Waals surface area contributed by atoms with Crippen molar-refractivity contribution in [3.8, 4) is 0 Å². The van der Waals surface area contributed by atoms with Crippen LogP contribution in [0.2, 0.25) is 0 Å². The lowest BCUT2D eigenvalue weighted by atomic mass is 9.48. The van der Waals surface area contributed by atoms with Crippen molar-refractivity contribution in [1.82, 2.24) is 5.32 Å². The Morgan fingerprint density at radius 2 is 1.95 bits per heavy atom. The highest BCUT2D eigenvalue weighted by Gasteiger charge is 2.69. The van der Waals surface area contributed by atoms with Gasteiger partial charge in [0.05, 0.1) is 0 Å². The maximum Gasteiger partial charge on any atom is 0.245 e. The molecule has 3 aliphatic heterocycles. The summed E-state index contributed by atoms with van der Waals surface area (Å²) in [5.74, 6) is 1.89. The quantitative estimate of drug-likeness (QED) is 0.813. The van der Waals surface area contributed by atoms with Crippen molar-refractivity contribution in [3.05, 3.63) is 0 Å². The zero-order valence-corrected chi connectivity index (χ0v) is 13.7. The van der Waals surface area contributed by atoms with Gasteiger partial charge in [-0.1, -0.05) is 27.7 Å². The summed E-state index contributed by atoms with van der Waals surface area (Å²) < 4.78 is 0. The minimum atomic E-state index is -0.685. The number of amides is 1. The Balaban J connectivity index is 2.14. The second-order valence-electron chi connectivity index (χ2n) is 8.28. The molecular weight excluding hydrogens is 262 g/mol. The van der Waals surface area contributed by atoms with Gasteiger partial charge in [-0.05, 0) is 43.6 Å². The normalized spacial score (nSPS) is 39.4. The van der Waals surface area contributed by atoms with Crippen LogP contribution in [0.15, 0.2) is 4.99 Å². The average Bonchev–Trinajstić information content (AvgIpc) is 2.74. The van der Waals surface area contributed by atoms with Crippen LogP contribution in [0, 0.1) is 29.1 Å². The first kappa shape index (κ1) is 15.0. The molecule has 1 amide bonds. The van der Waals surface area contributed by atoms with Gasteiger partial charge in [0.25, 0.3) is 0 Å². The smallest absolute Gasteiger partial charge is 0.245 e. The summed E-state index contributed by atoms with van der Waals surface area (Å²) >= 11 is 0. The zero-order chi connectivity index (χ0) is 15.4. The number of primary amides is 1. The van der Waals surface area contributed by atoms with E-state index in [0.717, 1.165) is 25.8 Å². The summed E-state index contributed by atoms with van der Waals surface area (Å²) in [6.07, 6.45) is 4.92. The number of nitrogens with one attached hydrogen (secondary N) is 1. The predicted octanol–water partition coefficient (Wildman–Crippen LogP) is 1.98. The van der Waals surface area contributed by atoms with Gasteiger partial charge in [-0.25, -0.2) is 0 Å². The molecule has 4 heteroatoms. The van der Waals surface area contributed by atoms with Crippen molar-refractivity contribution < 1.29 is 4.79 Å². The largest absolute Gasteiger partial charge is 0.368 e. The van der Waals surface area contributed by atoms with Gasteiger partial charge in [0.15, 0.2) is 0 Å². The molecule has 0 radical (unpaired) electrons. The molecule has 4 unspecified atom stereocenters. The fourth-order valence-electron chi connectivity index (χ4n) is 5.58. The monoisotopic (exact) mass is 291 g/mol. The van der Waals surface area contributed by atoms with Crippen molar-refractivity contribution in [3.63, 3.8) is 0 Å². The minimum absolute atomic E-state index is 0.117. The average molecular weight is 291 g/mol. The van der Waals surface area contributed by atoms with Gasteiger partial charge < -0.3 is 11.1 Å². The molecule has 0 aromatic carbocycles. The van der Waals surface area contributed by atoms with Crippen LogP contribution in [-0.4, -0.2) is 30.2 Å². The summed E-state index contributed by atoms with van der Waals surface area (Å²) in [5, 5.41) is 3.73. The fourth-order valence-corrected chi connectivity index (χ4v) is 5.58. The SMILES string of the molecule is CC(C)CC1(CC(C)C)C2NCC3CC1(C(N)=O)N=CC32. The van der Waals surface area contributed by atoms with Gasteiger partial charge in [0.2, 0.25) is 5.91 Å². The third-order valence-electron chi connectivity index (χ3n) is 5.93. The van der Waals surface area contributed by atoms with E-state index in [1.807, 2.05) is 6.21 Å². The molecule has 4 nitrogen and oxygen atoms in total. The Morgan fingerprint density at radius 3 is 2.48 bits per heavy atom. The maximum absolute atomic E-state index is 12.5. The molecule has 1 saturated carbocycles. The van der Waals surface area contributed by atoms with Gasteiger partial charge in [0.1, 0.15) is 5.54 Å².